The van der Waals surface area contributed by atoms with Crippen LogP contribution in [-0.4, -0.2) is 16.1 Å². The van der Waals surface area contributed by atoms with E-state index in [1.54, 1.807) is 29.3 Å². The molecule has 0 bridgehead atoms. The number of nitrogens with zero attached hydrogens (tertiary/aromatic N) is 2. The molecule has 2 aromatic rings. The zero-order valence-corrected chi connectivity index (χ0v) is 9.60. The quantitative estimate of drug-likeness (QED) is 0.728. The number of furan rings is 1. The first-order valence-electron chi connectivity index (χ1n) is 5.11. The summed E-state index contributed by atoms with van der Waals surface area (Å²) in [5.74, 6) is 0.616. The van der Waals surface area contributed by atoms with Crippen LogP contribution in [-0.2, 0) is 5.54 Å². The van der Waals surface area contributed by atoms with Gasteiger partial charge in [0, 0.05) is 6.20 Å². The zero-order valence-electron chi connectivity index (χ0n) is 9.60. The standard InChI is InChI=1S/C12H14N2O2/c1-12(2,3)14-7-9(8-15)11(13-14)10-5-4-6-16-10/h4-8H,1-3H3. The molecule has 0 amide bonds. The van der Waals surface area contributed by atoms with E-state index in [9.17, 15) is 4.79 Å². The van der Waals surface area contributed by atoms with Gasteiger partial charge in [0.25, 0.3) is 0 Å². The second kappa shape index (κ2) is 3.63. The van der Waals surface area contributed by atoms with Crippen LogP contribution in [0.25, 0.3) is 11.5 Å². The molecule has 16 heavy (non-hydrogen) atoms. The maximum atomic E-state index is 11.0. The Kier molecular flexibility index (Phi) is 2.42. The van der Waals surface area contributed by atoms with Gasteiger partial charge in [0.2, 0.25) is 0 Å². The van der Waals surface area contributed by atoms with Gasteiger partial charge in [-0.15, -0.1) is 0 Å². The van der Waals surface area contributed by atoms with Gasteiger partial charge in [0.15, 0.2) is 12.0 Å². The van der Waals surface area contributed by atoms with Gasteiger partial charge in [-0.05, 0) is 32.9 Å². The van der Waals surface area contributed by atoms with Crippen molar-refractivity contribution in [2.75, 3.05) is 0 Å². The van der Waals surface area contributed by atoms with E-state index < -0.39 is 0 Å². The Morgan fingerprint density at radius 3 is 2.69 bits per heavy atom. The van der Waals surface area contributed by atoms with Gasteiger partial charge in [-0.2, -0.15) is 5.10 Å². The molecule has 0 spiro atoms. The maximum Gasteiger partial charge on any atom is 0.154 e. The SMILES string of the molecule is CC(C)(C)n1cc(C=O)c(-c2ccco2)n1. The molecule has 2 rings (SSSR count). The molecule has 4 nitrogen and oxygen atoms in total. The molecule has 0 aliphatic rings. The lowest BCUT2D eigenvalue weighted by molar-refractivity contribution is 0.112. The van der Waals surface area contributed by atoms with Crippen LogP contribution < -0.4 is 0 Å². The van der Waals surface area contributed by atoms with Crippen LogP contribution in [0.15, 0.2) is 29.0 Å². The predicted octanol–water partition coefficient (Wildman–Crippen LogP) is 2.71. The number of aldehydes is 1. The van der Waals surface area contributed by atoms with Gasteiger partial charge in [0.1, 0.15) is 5.69 Å². The Bertz CT molecular complexity index is 490. The fourth-order valence-electron chi connectivity index (χ4n) is 1.42. The van der Waals surface area contributed by atoms with Crippen LogP contribution in [0, 0.1) is 0 Å². The Balaban J connectivity index is 2.54. The first-order chi connectivity index (χ1) is 7.52. The lowest BCUT2D eigenvalue weighted by Crippen LogP contribution is -2.22. The van der Waals surface area contributed by atoms with Crippen molar-refractivity contribution < 1.29 is 9.21 Å². The van der Waals surface area contributed by atoms with Crippen molar-refractivity contribution in [3.8, 4) is 11.5 Å². The van der Waals surface area contributed by atoms with E-state index in [0.717, 1.165) is 6.29 Å². The minimum absolute atomic E-state index is 0.150. The molecule has 4 heteroatoms. The predicted molar refractivity (Wildman–Crippen MR) is 60.3 cm³/mol. The number of carbonyl (C=O) groups excluding carboxylic acids is 1. The number of aromatic nitrogens is 2. The van der Waals surface area contributed by atoms with Crippen molar-refractivity contribution in [1.29, 1.82) is 0 Å². The van der Waals surface area contributed by atoms with Crippen molar-refractivity contribution >= 4 is 6.29 Å². The highest BCUT2D eigenvalue weighted by molar-refractivity contribution is 5.83. The van der Waals surface area contributed by atoms with Crippen LogP contribution in [0.5, 0.6) is 0 Å². The molecule has 0 aromatic carbocycles. The third-order valence-corrected chi connectivity index (χ3v) is 2.31. The molecule has 2 heterocycles. The summed E-state index contributed by atoms with van der Waals surface area (Å²) in [6, 6.07) is 3.57. The Labute approximate surface area is 93.9 Å². The van der Waals surface area contributed by atoms with Gasteiger partial charge in [-0.25, -0.2) is 0 Å². The van der Waals surface area contributed by atoms with E-state index in [1.807, 2.05) is 20.8 Å². The number of hydrogen-bond acceptors (Lipinski definition) is 3. The second-order valence-corrected chi connectivity index (χ2v) is 4.64. The Morgan fingerprint density at radius 2 is 2.19 bits per heavy atom. The first-order valence-corrected chi connectivity index (χ1v) is 5.11. The van der Waals surface area contributed by atoms with Crippen molar-refractivity contribution in [3.63, 3.8) is 0 Å². The minimum Gasteiger partial charge on any atom is -0.463 e. The lowest BCUT2D eigenvalue weighted by atomic mass is 10.1. The van der Waals surface area contributed by atoms with Gasteiger partial charge in [-0.1, -0.05) is 0 Å². The van der Waals surface area contributed by atoms with E-state index in [0.29, 0.717) is 17.0 Å². The van der Waals surface area contributed by atoms with Gasteiger partial charge in [0.05, 0.1) is 17.4 Å². The highest BCUT2D eigenvalue weighted by atomic mass is 16.3. The van der Waals surface area contributed by atoms with E-state index in [4.69, 9.17) is 4.42 Å². The zero-order chi connectivity index (χ0) is 11.8. The molecule has 0 atom stereocenters. The average Bonchev–Trinajstić information content (AvgIpc) is 2.85. The van der Waals surface area contributed by atoms with E-state index >= 15 is 0 Å². The highest BCUT2D eigenvalue weighted by Crippen LogP contribution is 2.24. The van der Waals surface area contributed by atoms with Crippen molar-refractivity contribution in [1.82, 2.24) is 9.78 Å². The van der Waals surface area contributed by atoms with E-state index in [-0.39, 0.29) is 5.54 Å². The molecular weight excluding hydrogens is 204 g/mol. The molecule has 0 radical (unpaired) electrons. The van der Waals surface area contributed by atoms with Gasteiger partial charge >= 0.3 is 0 Å². The number of carbonyl (C=O) groups is 1. The summed E-state index contributed by atoms with van der Waals surface area (Å²) < 4.78 is 7.03. The largest absolute Gasteiger partial charge is 0.463 e. The van der Waals surface area contributed by atoms with Crippen LogP contribution in [0.4, 0.5) is 0 Å². The topological polar surface area (TPSA) is 48.0 Å². The fourth-order valence-corrected chi connectivity index (χ4v) is 1.42. The summed E-state index contributed by atoms with van der Waals surface area (Å²) in [5, 5.41) is 4.39. The molecule has 2 aromatic heterocycles. The van der Waals surface area contributed by atoms with Crippen LogP contribution in [0.2, 0.25) is 0 Å². The molecule has 0 aliphatic carbocycles. The lowest BCUT2D eigenvalue weighted by Gasteiger charge is -2.18. The summed E-state index contributed by atoms with van der Waals surface area (Å²) >= 11 is 0. The van der Waals surface area contributed by atoms with E-state index in [1.165, 1.54) is 0 Å². The molecule has 0 saturated carbocycles. The van der Waals surface area contributed by atoms with Gasteiger partial charge in [-0.3, -0.25) is 9.48 Å². The monoisotopic (exact) mass is 218 g/mol. The number of hydrogen-bond donors (Lipinski definition) is 0. The first kappa shape index (κ1) is 10.7. The highest BCUT2D eigenvalue weighted by Gasteiger charge is 2.19. The molecular formula is C12H14N2O2. The average molecular weight is 218 g/mol. The fraction of sp³-hybridized carbons (Fsp3) is 0.333. The summed E-state index contributed by atoms with van der Waals surface area (Å²) in [4.78, 5) is 11.0. The molecule has 84 valence electrons. The van der Waals surface area contributed by atoms with Crippen LogP contribution >= 0.6 is 0 Å². The third kappa shape index (κ3) is 1.78. The second-order valence-electron chi connectivity index (χ2n) is 4.64. The molecule has 0 unspecified atom stereocenters. The van der Waals surface area contributed by atoms with Crippen molar-refractivity contribution in [3.05, 3.63) is 30.2 Å². The summed E-state index contributed by atoms with van der Waals surface area (Å²) in [6.07, 6.45) is 4.11. The summed E-state index contributed by atoms with van der Waals surface area (Å²) in [6.45, 7) is 6.08. The summed E-state index contributed by atoms with van der Waals surface area (Å²) in [7, 11) is 0. The van der Waals surface area contributed by atoms with Crippen LogP contribution in [0.1, 0.15) is 31.1 Å². The maximum absolute atomic E-state index is 11.0. The molecule has 0 saturated heterocycles. The Morgan fingerprint density at radius 1 is 1.44 bits per heavy atom. The van der Waals surface area contributed by atoms with Crippen molar-refractivity contribution in [2.24, 2.45) is 0 Å². The summed E-state index contributed by atoms with van der Waals surface area (Å²) in [5.41, 5.74) is 0.989. The molecule has 0 fully saturated rings. The normalized spacial score (nSPS) is 11.7. The van der Waals surface area contributed by atoms with E-state index in [2.05, 4.69) is 5.10 Å². The van der Waals surface area contributed by atoms with Gasteiger partial charge < -0.3 is 4.42 Å². The van der Waals surface area contributed by atoms with Crippen molar-refractivity contribution in [2.45, 2.75) is 26.3 Å². The third-order valence-electron chi connectivity index (χ3n) is 2.31. The Hall–Kier alpha value is -1.84. The minimum atomic E-state index is -0.150. The molecule has 0 aliphatic heterocycles. The number of rotatable bonds is 2. The van der Waals surface area contributed by atoms with Crippen LogP contribution in [0.3, 0.4) is 0 Å². The smallest absolute Gasteiger partial charge is 0.154 e. The molecule has 0 N–H and O–H groups in total.